The first kappa shape index (κ1) is 26.4. The lowest BCUT2D eigenvalue weighted by Crippen LogP contribution is -2.66. The van der Waals surface area contributed by atoms with Crippen LogP contribution in [0, 0.1) is 56.7 Å². The molecule has 5 fully saturated rings. The van der Waals surface area contributed by atoms with E-state index in [-0.39, 0.29) is 39.1 Å². The van der Waals surface area contributed by atoms with Gasteiger partial charge in [0.1, 0.15) is 6.10 Å². The van der Waals surface area contributed by atoms with Crippen LogP contribution in [0.2, 0.25) is 0 Å². The Morgan fingerprint density at radius 2 is 1.50 bits per heavy atom. The average Bonchev–Trinajstić information content (AvgIpc) is 3.17. The smallest absolute Gasteiger partial charge is 0.302 e. The molecule has 0 aliphatic heterocycles. The molecular formula is C33H52O3. The van der Waals surface area contributed by atoms with Gasteiger partial charge < -0.3 is 9.84 Å². The summed E-state index contributed by atoms with van der Waals surface area (Å²) in [6.07, 6.45) is 11.7. The molecule has 5 rings (SSSR count). The van der Waals surface area contributed by atoms with Gasteiger partial charge in [-0.3, -0.25) is 4.79 Å². The molecule has 202 valence electrons. The molecule has 0 bridgehead atoms. The van der Waals surface area contributed by atoms with Gasteiger partial charge in [0.2, 0.25) is 0 Å². The van der Waals surface area contributed by atoms with Gasteiger partial charge in [0, 0.05) is 17.8 Å². The number of aliphatic hydroxyl groups excluding tert-OH is 1. The summed E-state index contributed by atoms with van der Waals surface area (Å²) >= 11 is 0. The van der Waals surface area contributed by atoms with Gasteiger partial charge in [-0.05, 0) is 117 Å². The van der Waals surface area contributed by atoms with Crippen molar-refractivity contribution < 1.29 is 14.6 Å². The van der Waals surface area contributed by atoms with Crippen molar-refractivity contribution in [2.75, 3.05) is 0 Å². The zero-order valence-corrected chi connectivity index (χ0v) is 24.2. The molecule has 5 aliphatic rings. The van der Waals surface area contributed by atoms with Crippen LogP contribution < -0.4 is 0 Å². The van der Waals surface area contributed by atoms with Gasteiger partial charge in [0.25, 0.3) is 0 Å². The van der Waals surface area contributed by atoms with Gasteiger partial charge >= 0.3 is 5.97 Å². The number of allylic oxidation sites excluding steroid dienone is 2. The first-order valence-corrected chi connectivity index (χ1v) is 14.9. The quantitative estimate of drug-likeness (QED) is 0.241. The molecule has 1 N–H and O–H groups in total. The highest BCUT2D eigenvalue weighted by Crippen LogP contribution is 2.78. The third kappa shape index (κ3) is 3.19. The van der Waals surface area contributed by atoms with Crippen LogP contribution in [0.5, 0.6) is 0 Å². The van der Waals surface area contributed by atoms with Gasteiger partial charge in [-0.15, -0.1) is 0 Å². The number of fused-ring (bicyclic) bond motifs is 7. The van der Waals surface area contributed by atoms with Crippen LogP contribution in [0.3, 0.4) is 0 Å². The lowest BCUT2D eigenvalue weighted by atomic mass is 9.32. The Balaban J connectivity index is 1.52. The Morgan fingerprint density at radius 1 is 0.806 bits per heavy atom. The van der Waals surface area contributed by atoms with Gasteiger partial charge in [-0.1, -0.05) is 53.3 Å². The predicted molar refractivity (Wildman–Crippen MR) is 146 cm³/mol. The summed E-state index contributed by atoms with van der Waals surface area (Å²) < 4.78 is 5.90. The van der Waals surface area contributed by atoms with Crippen LogP contribution in [0.4, 0.5) is 0 Å². The fraction of sp³-hybridized carbons (Fsp3) is 0.848. The van der Waals surface area contributed by atoms with E-state index in [1.54, 1.807) is 6.92 Å². The molecule has 3 nitrogen and oxygen atoms in total. The molecule has 0 aromatic rings. The summed E-state index contributed by atoms with van der Waals surface area (Å²) in [7, 11) is 0. The van der Waals surface area contributed by atoms with Crippen molar-refractivity contribution in [2.24, 2.45) is 56.7 Å². The Morgan fingerprint density at radius 3 is 2.11 bits per heavy atom. The normalized spacial score (nSPS) is 51.2. The van der Waals surface area contributed by atoms with Crippen molar-refractivity contribution in [1.82, 2.24) is 0 Å². The topological polar surface area (TPSA) is 46.5 Å². The van der Waals surface area contributed by atoms with Crippen LogP contribution in [0.1, 0.15) is 113 Å². The maximum Gasteiger partial charge on any atom is 0.302 e. The van der Waals surface area contributed by atoms with Crippen LogP contribution >= 0.6 is 0 Å². The van der Waals surface area contributed by atoms with E-state index in [0.717, 1.165) is 32.1 Å². The first-order chi connectivity index (χ1) is 16.6. The summed E-state index contributed by atoms with van der Waals surface area (Å²) in [5.74, 6) is 3.19. The second-order valence-corrected chi connectivity index (χ2v) is 15.2. The Bertz CT molecular complexity index is 964. The van der Waals surface area contributed by atoms with E-state index in [0.29, 0.717) is 35.3 Å². The van der Waals surface area contributed by atoms with E-state index >= 15 is 0 Å². The molecule has 0 aromatic heterocycles. The van der Waals surface area contributed by atoms with E-state index in [1.807, 2.05) is 0 Å². The minimum atomic E-state index is -0.134. The fourth-order valence-corrected chi connectivity index (χ4v) is 12.0. The average molecular weight is 497 g/mol. The maximum absolute atomic E-state index is 11.9. The van der Waals surface area contributed by atoms with E-state index in [9.17, 15) is 9.90 Å². The van der Waals surface area contributed by atoms with Crippen molar-refractivity contribution in [2.45, 2.75) is 119 Å². The zero-order valence-electron chi connectivity index (χ0n) is 24.2. The number of aliphatic hydroxyl groups is 1. The lowest BCUT2D eigenvalue weighted by molar-refractivity contribution is -0.249. The number of rotatable bonds is 3. The monoisotopic (exact) mass is 496 g/mol. The Labute approximate surface area is 220 Å². The molecule has 3 heteroatoms. The summed E-state index contributed by atoms with van der Waals surface area (Å²) in [4.78, 5) is 11.9. The van der Waals surface area contributed by atoms with Crippen LogP contribution in [0.15, 0.2) is 24.5 Å². The number of esters is 1. The molecule has 5 saturated carbocycles. The second-order valence-electron chi connectivity index (χ2n) is 15.2. The SMILES string of the molecule is C=C(C)[C@@H]1CC[C@]2(C(=C)O)CC[C@]3(C)[C@H](CCC4[C@@]5(C)CC[C@H](OC(C)=O)C(C)(C)C5CC[C@]43C)C12. The third-order valence-electron chi connectivity index (χ3n) is 13.9. The van der Waals surface area contributed by atoms with Crippen molar-refractivity contribution >= 4 is 5.97 Å². The predicted octanol–water partition coefficient (Wildman–Crippen LogP) is 8.65. The Hall–Kier alpha value is -1.25. The summed E-state index contributed by atoms with van der Waals surface area (Å²) in [5.41, 5.74) is 2.03. The van der Waals surface area contributed by atoms with E-state index < -0.39 is 0 Å². The number of carbonyl (C=O) groups excluding carboxylic acids is 1. The molecule has 0 heterocycles. The summed E-state index contributed by atoms with van der Waals surface area (Å²) in [5, 5.41) is 11.0. The van der Waals surface area contributed by atoms with Gasteiger partial charge in [-0.2, -0.15) is 0 Å². The fourth-order valence-electron chi connectivity index (χ4n) is 12.0. The highest BCUT2D eigenvalue weighted by molar-refractivity contribution is 5.66. The molecule has 36 heavy (non-hydrogen) atoms. The standard InChI is InChI=1S/C33H52O3/c1-20(2)23-12-17-33(21(3)34)19-18-31(8)24(28(23)33)10-11-26-30(7)15-14-27(36-22(4)35)29(5,6)25(30)13-16-32(26,31)9/h23-28,34H,1,3,10-19H2,2,4-9H3/t23-,24+,25?,26?,27-,28?,30-,31+,32+,33+/m0/s1. The van der Waals surface area contributed by atoms with Crippen molar-refractivity contribution in [3.8, 4) is 0 Å². The molecule has 0 saturated heterocycles. The lowest BCUT2D eigenvalue weighted by Gasteiger charge is -2.73. The zero-order chi connectivity index (χ0) is 26.5. The molecule has 10 atom stereocenters. The largest absolute Gasteiger partial charge is 0.512 e. The van der Waals surface area contributed by atoms with Gasteiger partial charge in [0.05, 0.1) is 5.76 Å². The highest BCUT2D eigenvalue weighted by atomic mass is 16.5. The molecule has 0 aromatic carbocycles. The number of ether oxygens (including phenoxy) is 1. The molecule has 0 amide bonds. The molecule has 0 radical (unpaired) electrons. The highest BCUT2D eigenvalue weighted by Gasteiger charge is 2.71. The van der Waals surface area contributed by atoms with E-state index in [1.165, 1.54) is 37.7 Å². The number of carbonyl (C=O) groups is 1. The van der Waals surface area contributed by atoms with Crippen molar-refractivity contribution in [3.63, 3.8) is 0 Å². The molecule has 3 unspecified atom stereocenters. The number of hydrogen-bond acceptors (Lipinski definition) is 3. The molecule has 5 aliphatic carbocycles. The van der Waals surface area contributed by atoms with Crippen LogP contribution in [-0.4, -0.2) is 17.2 Å². The summed E-state index contributed by atoms with van der Waals surface area (Å²) in [6.45, 7) is 25.0. The maximum atomic E-state index is 11.9. The minimum absolute atomic E-state index is 0.00457. The van der Waals surface area contributed by atoms with Crippen LogP contribution in [0.25, 0.3) is 0 Å². The van der Waals surface area contributed by atoms with Gasteiger partial charge in [-0.25, -0.2) is 0 Å². The minimum Gasteiger partial charge on any atom is -0.512 e. The summed E-state index contributed by atoms with van der Waals surface area (Å²) in [6, 6.07) is 0. The first-order valence-electron chi connectivity index (χ1n) is 14.9. The van der Waals surface area contributed by atoms with Crippen LogP contribution in [-0.2, 0) is 9.53 Å². The molecule has 0 spiro atoms. The van der Waals surface area contributed by atoms with Crippen molar-refractivity contribution in [3.05, 3.63) is 24.5 Å². The van der Waals surface area contributed by atoms with Crippen molar-refractivity contribution in [1.29, 1.82) is 0 Å². The molecular weight excluding hydrogens is 444 g/mol. The number of hydrogen-bond donors (Lipinski definition) is 1. The van der Waals surface area contributed by atoms with Gasteiger partial charge in [0.15, 0.2) is 0 Å². The van der Waals surface area contributed by atoms with E-state index in [2.05, 4.69) is 54.7 Å². The second kappa shape index (κ2) is 8.12. The third-order valence-corrected chi connectivity index (χ3v) is 13.9. The Kier molecular flexibility index (Phi) is 5.95. The van der Waals surface area contributed by atoms with E-state index in [4.69, 9.17) is 4.74 Å².